The number of hydrogen-bond acceptors (Lipinski definition) is 4. The van der Waals surface area contributed by atoms with Crippen LogP contribution >= 0.6 is 0 Å². The van der Waals surface area contributed by atoms with E-state index in [0.717, 1.165) is 24.8 Å². The van der Waals surface area contributed by atoms with Crippen LogP contribution < -0.4 is 0 Å². The average Bonchev–Trinajstić information content (AvgIpc) is 3.34. The average molecular weight is 475 g/mol. The van der Waals surface area contributed by atoms with Gasteiger partial charge >= 0.3 is 0 Å². The molecule has 1 aromatic heterocycles. The van der Waals surface area contributed by atoms with Gasteiger partial charge in [-0.25, -0.2) is 0 Å². The number of carbonyl (C=O) groups is 2. The number of likely N-dealkylation sites (N-methyl/N-ethyl adjacent to an activating group) is 1. The summed E-state index contributed by atoms with van der Waals surface area (Å²) in [6.45, 7) is 3.11. The number of furan rings is 1. The second-order valence-corrected chi connectivity index (χ2v) is 9.25. The Labute approximate surface area is 207 Å². The van der Waals surface area contributed by atoms with Crippen molar-refractivity contribution >= 4 is 11.8 Å². The number of benzene rings is 2. The van der Waals surface area contributed by atoms with Crippen LogP contribution in [-0.2, 0) is 16.0 Å². The zero-order valence-corrected chi connectivity index (χ0v) is 20.7. The molecule has 3 aromatic rings. The van der Waals surface area contributed by atoms with Crippen LogP contribution in [0.3, 0.4) is 0 Å². The molecule has 0 bridgehead atoms. The van der Waals surface area contributed by atoms with E-state index in [1.54, 1.807) is 19.4 Å². The van der Waals surface area contributed by atoms with E-state index in [-0.39, 0.29) is 23.8 Å². The van der Waals surface area contributed by atoms with Crippen molar-refractivity contribution in [3.8, 4) is 0 Å². The lowest BCUT2D eigenvalue weighted by Gasteiger charge is -2.40. The first-order valence-electron chi connectivity index (χ1n) is 12.2. The maximum atomic E-state index is 13.3. The number of ether oxygens (including phenoxy) is 1. The molecule has 4 rings (SSSR count). The van der Waals surface area contributed by atoms with E-state index in [1.165, 1.54) is 5.56 Å². The maximum Gasteiger partial charge on any atom is 0.257 e. The lowest BCUT2D eigenvalue weighted by atomic mass is 9.84. The molecule has 0 radical (unpaired) electrons. The summed E-state index contributed by atoms with van der Waals surface area (Å²) < 4.78 is 11.0. The smallest absolute Gasteiger partial charge is 0.257 e. The van der Waals surface area contributed by atoms with E-state index in [9.17, 15) is 9.59 Å². The summed E-state index contributed by atoms with van der Waals surface area (Å²) in [4.78, 5) is 30.4. The Hall–Kier alpha value is -3.38. The summed E-state index contributed by atoms with van der Waals surface area (Å²) in [5.74, 6) is 0.875. The van der Waals surface area contributed by atoms with Crippen molar-refractivity contribution in [1.82, 2.24) is 9.80 Å². The van der Waals surface area contributed by atoms with Crippen LogP contribution in [0.1, 0.15) is 46.2 Å². The summed E-state index contributed by atoms with van der Waals surface area (Å²) in [7, 11) is 3.47. The molecule has 1 saturated heterocycles. The zero-order chi connectivity index (χ0) is 24.8. The fourth-order valence-corrected chi connectivity index (χ4v) is 5.10. The monoisotopic (exact) mass is 474 g/mol. The number of rotatable bonds is 8. The third kappa shape index (κ3) is 5.65. The van der Waals surface area contributed by atoms with Crippen molar-refractivity contribution in [2.75, 3.05) is 27.2 Å². The third-order valence-corrected chi connectivity index (χ3v) is 7.15. The van der Waals surface area contributed by atoms with Crippen LogP contribution in [0.15, 0.2) is 77.4 Å². The van der Waals surface area contributed by atoms with Gasteiger partial charge in [0.05, 0.1) is 11.8 Å². The van der Waals surface area contributed by atoms with Crippen molar-refractivity contribution in [2.45, 2.75) is 38.3 Å². The molecule has 0 aliphatic carbocycles. The van der Waals surface area contributed by atoms with Crippen LogP contribution in [-0.4, -0.2) is 54.9 Å². The fraction of sp³-hybridized carbons (Fsp3) is 0.379. The van der Waals surface area contributed by atoms with Crippen molar-refractivity contribution in [1.29, 1.82) is 0 Å². The summed E-state index contributed by atoms with van der Waals surface area (Å²) in [5.41, 5.74) is 2.66. The Bertz CT molecular complexity index is 1100. The summed E-state index contributed by atoms with van der Waals surface area (Å²) in [5, 5.41) is 0. The molecule has 6 heteroatoms. The number of amides is 2. The van der Waals surface area contributed by atoms with Crippen molar-refractivity contribution in [2.24, 2.45) is 5.92 Å². The molecule has 35 heavy (non-hydrogen) atoms. The Morgan fingerprint density at radius 1 is 1.03 bits per heavy atom. The largest absolute Gasteiger partial charge is 0.469 e. The molecule has 2 amide bonds. The van der Waals surface area contributed by atoms with Gasteiger partial charge < -0.3 is 19.0 Å². The van der Waals surface area contributed by atoms with Gasteiger partial charge in [0.25, 0.3) is 11.8 Å². The number of aryl methyl sites for hydroxylation is 1. The summed E-state index contributed by atoms with van der Waals surface area (Å²) >= 11 is 0. The van der Waals surface area contributed by atoms with Gasteiger partial charge in [0.1, 0.15) is 5.76 Å². The SMILES string of the molecule is COC(C(=O)N1CCC(C(Cc2ccccc2)N(C)C(=O)c2ccoc2C)CC1)c1ccccc1. The van der Waals surface area contributed by atoms with Crippen LogP contribution in [0.4, 0.5) is 0 Å². The number of carbonyl (C=O) groups excluding carboxylic acids is 2. The first-order valence-corrected chi connectivity index (χ1v) is 12.2. The lowest BCUT2D eigenvalue weighted by molar-refractivity contribution is -0.144. The highest BCUT2D eigenvalue weighted by atomic mass is 16.5. The van der Waals surface area contributed by atoms with E-state index in [0.29, 0.717) is 24.4 Å². The molecule has 1 aliphatic heterocycles. The van der Waals surface area contributed by atoms with E-state index < -0.39 is 6.10 Å². The highest BCUT2D eigenvalue weighted by Crippen LogP contribution is 2.30. The Balaban J connectivity index is 1.48. The lowest BCUT2D eigenvalue weighted by Crippen LogP contribution is -2.49. The molecule has 0 saturated carbocycles. The van der Waals surface area contributed by atoms with E-state index in [2.05, 4.69) is 12.1 Å². The minimum atomic E-state index is -0.596. The number of piperidine rings is 1. The highest BCUT2D eigenvalue weighted by molar-refractivity contribution is 5.95. The van der Waals surface area contributed by atoms with Gasteiger partial charge in [0, 0.05) is 33.3 Å². The first kappa shape index (κ1) is 24.7. The second-order valence-electron chi connectivity index (χ2n) is 9.25. The number of likely N-dealkylation sites (tertiary alicyclic amines) is 1. The Morgan fingerprint density at radius 3 is 2.23 bits per heavy atom. The van der Waals surface area contributed by atoms with Crippen molar-refractivity contribution < 1.29 is 18.7 Å². The Kier molecular flexibility index (Phi) is 8.03. The molecular formula is C29H34N2O4. The fourth-order valence-electron chi connectivity index (χ4n) is 5.10. The normalized spacial score (nSPS) is 16.0. The molecule has 1 fully saturated rings. The van der Waals surface area contributed by atoms with Gasteiger partial charge in [-0.1, -0.05) is 60.7 Å². The van der Waals surface area contributed by atoms with E-state index in [4.69, 9.17) is 9.15 Å². The maximum absolute atomic E-state index is 13.3. The van der Waals surface area contributed by atoms with Crippen LogP contribution in [0.25, 0.3) is 0 Å². The van der Waals surface area contributed by atoms with Gasteiger partial charge in [0.2, 0.25) is 0 Å². The highest BCUT2D eigenvalue weighted by Gasteiger charge is 2.35. The molecule has 184 valence electrons. The van der Waals surface area contributed by atoms with E-state index in [1.807, 2.05) is 72.3 Å². The first-order chi connectivity index (χ1) is 17.0. The molecule has 2 unspecified atom stereocenters. The Morgan fingerprint density at radius 2 is 1.66 bits per heavy atom. The van der Waals surface area contributed by atoms with Crippen LogP contribution in [0.5, 0.6) is 0 Å². The molecule has 0 N–H and O–H groups in total. The van der Waals surface area contributed by atoms with Gasteiger partial charge in [-0.05, 0) is 49.3 Å². The molecule has 2 heterocycles. The zero-order valence-electron chi connectivity index (χ0n) is 20.7. The van der Waals surface area contributed by atoms with Gasteiger partial charge in [-0.3, -0.25) is 9.59 Å². The molecule has 1 aliphatic rings. The third-order valence-electron chi connectivity index (χ3n) is 7.15. The molecule has 0 spiro atoms. The predicted molar refractivity (Wildman–Crippen MR) is 135 cm³/mol. The standard InChI is InChI=1S/C29H34N2O4/c1-21-25(16-19-35-21)28(32)30(2)26(20-22-10-6-4-7-11-22)23-14-17-31(18-15-23)29(33)27(34-3)24-12-8-5-9-13-24/h4-13,16,19,23,26-27H,14-15,17-18,20H2,1-3H3. The van der Waals surface area contributed by atoms with Crippen molar-refractivity contribution in [3.05, 3.63) is 95.4 Å². The molecule has 2 aromatic carbocycles. The predicted octanol–water partition coefficient (Wildman–Crippen LogP) is 4.90. The molecular weight excluding hydrogens is 440 g/mol. The molecule has 6 nitrogen and oxygen atoms in total. The van der Waals surface area contributed by atoms with Gasteiger partial charge in [-0.15, -0.1) is 0 Å². The van der Waals surface area contributed by atoms with E-state index >= 15 is 0 Å². The minimum Gasteiger partial charge on any atom is -0.469 e. The minimum absolute atomic E-state index is 0.00443. The van der Waals surface area contributed by atoms with Crippen LogP contribution in [0, 0.1) is 12.8 Å². The van der Waals surface area contributed by atoms with Gasteiger partial charge in [0.15, 0.2) is 6.10 Å². The molecule has 2 atom stereocenters. The van der Waals surface area contributed by atoms with Crippen LogP contribution in [0.2, 0.25) is 0 Å². The summed E-state index contributed by atoms with van der Waals surface area (Å²) in [6.07, 6.45) is 3.39. The quantitative estimate of drug-likeness (QED) is 0.466. The topological polar surface area (TPSA) is 63.0 Å². The number of hydrogen-bond donors (Lipinski definition) is 0. The van der Waals surface area contributed by atoms with Gasteiger partial charge in [-0.2, -0.15) is 0 Å². The van der Waals surface area contributed by atoms with Crippen molar-refractivity contribution in [3.63, 3.8) is 0 Å². The summed E-state index contributed by atoms with van der Waals surface area (Å²) in [6, 6.07) is 21.7. The number of methoxy groups -OCH3 is 1. The second kappa shape index (κ2) is 11.4. The number of nitrogens with zero attached hydrogens (tertiary/aromatic N) is 2.